The van der Waals surface area contributed by atoms with E-state index in [0.717, 1.165) is 16.0 Å². The molecule has 0 aliphatic carbocycles. The van der Waals surface area contributed by atoms with Gasteiger partial charge in [0.2, 0.25) is 5.89 Å². The predicted octanol–water partition coefficient (Wildman–Crippen LogP) is 4.58. The third-order valence-electron chi connectivity index (χ3n) is 3.40. The average Bonchev–Trinajstić information content (AvgIpc) is 3.01. The van der Waals surface area contributed by atoms with Crippen molar-refractivity contribution in [1.82, 2.24) is 4.98 Å². The summed E-state index contributed by atoms with van der Waals surface area (Å²) in [6.45, 7) is 0. The van der Waals surface area contributed by atoms with Crippen LogP contribution < -0.4 is 5.63 Å². The highest BCUT2D eigenvalue weighted by atomic mass is 32.1. The first kappa shape index (κ1) is 13.0. The lowest BCUT2D eigenvalue weighted by atomic mass is 10.2. The monoisotopic (exact) mass is 305 g/mol. The van der Waals surface area contributed by atoms with E-state index in [1.54, 1.807) is 0 Å². The van der Waals surface area contributed by atoms with Gasteiger partial charge in [0, 0.05) is 10.4 Å². The Balaban J connectivity index is 1.91. The Labute approximate surface area is 130 Å². The number of nitrogens with zero attached hydrogens (tertiary/aromatic N) is 1. The Morgan fingerprint density at radius 1 is 0.864 bits per heavy atom. The Bertz CT molecular complexity index is 988. The van der Waals surface area contributed by atoms with Crippen LogP contribution >= 0.6 is 11.3 Å². The number of benzene rings is 2. The molecule has 2 aromatic carbocycles. The van der Waals surface area contributed by atoms with Crippen LogP contribution in [0.25, 0.3) is 32.1 Å². The topological polar surface area (TPSA) is 43.1 Å². The van der Waals surface area contributed by atoms with E-state index in [2.05, 4.69) is 4.98 Å². The van der Waals surface area contributed by atoms with Gasteiger partial charge in [0.05, 0.1) is 5.39 Å². The fourth-order valence-corrected chi connectivity index (χ4v) is 3.34. The third kappa shape index (κ3) is 2.23. The highest BCUT2D eigenvalue weighted by Crippen LogP contribution is 2.32. The SMILES string of the molecule is O=c1oc(-c2ccccc2)nc2sc(-c3ccccc3)cc12. The van der Waals surface area contributed by atoms with Gasteiger partial charge in [0.15, 0.2) is 0 Å². The van der Waals surface area contributed by atoms with Crippen molar-refractivity contribution < 1.29 is 4.42 Å². The molecule has 0 radical (unpaired) electrons. The smallest absolute Gasteiger partial charge is 0.348 e. The number of hydrogen-bond donors (Lipinski definition) is 0. The summed E-state index contributed by atoms with van der Waals surface area (Å²) in [7, 11) is 0. The van der Waals surface area contributed by atoms with Gasteiger partial charge in [-0.25, -0.2) is 9.78 Å². The summed E-state index contributed by atoms with van der Waals surface area (Å²) in [5.41, 5.74) is 1.53. The molecule has 2 aromatic heterocycles. The second-order valence-electron chi connectivity index (χ2n) is 4.87. The van der Waals surface area contributed by atoms with Crippen LogP contribution in [0.5, 0.6) is 0 Å². The molecule has 0 saturated heterocycles. The van der Waals surface area contributed by atoms with Crippen molar-refractivity contribution in [3.8, 4) is 21.9 Å². The molecule has 0 bridgehead atoms. The number of aromatic nitrogens is 1. The first-order valence-corrected chi connectivity index (χ1v) is 7.68. The van der Waals surface area contributed by atoms with Crippen molar-refractivity contribution in [2.75, 3.05) is 0 Å². The first-order chi connectivity index (χ1) is 10.8. The van der Waals surface area contributed by atoms with E-state index in [1.165, 1.54) is 11.3 Å². The molecule has 0 aliphatic heterocycles. The molecule has 4 heteroatoms. The van der Waals surface area contributed by atoms with Crippen LogP contribution in [0.1, 0.15) is 0 Å². The molecule has 106 valence electrons. The van der Waals surface area contributed by atoms with Crippen LogP contribution in [0.15, 0.2) is 75.9 Å². The zero-order valence-electron chi connectivity index (χ0n) is 11.5. The fourth-order valence-electron chi connectivity index (χ4n) is 2.32. The van der Waals surface area contributed by atoms with Crippen molar-refractivity contribution in [1.29, 1.82) is 0 Å². The molecule has 22 heavy (non-hydrogen) atoms. The molecule has 0 N–H and O–H groups in total. The maximum atomic E-state index is 12.2. The molecule has 0 atom stereocenters. The molecule has 3 nitrogen and oxygen atoms in total. The summed E-state index contributed by atoms with van der Waals surface area (Å²) in [6, 6.07) is 21.3. The predicted molar refractivity (Wildman–Crippen MR) is 89.0 cm³/mol. The number of rotatable bonds is 2. The third-order valence-corrected chi connectivity index (χ3v) is 4.48. The zero-order chi connectivity index (χ0) is 14.9. The van der Waals surface area contributed by atoms with Gasteiger partial charge in [-0.1, -0.05) is 48.5 Å². The van der Waals surface area contributed by atoms with E-state index in [-0.39, 0.29) is 5.63 Å². The van der Waals surface area contributed by atoms with Crippen molar-refractivity contribution in [2.45, 2.75) is 0 Å². The quantitative estimate of drug-likeness (QED) is 0.544. The van der Waals surface area contributed by atoms with Gasteiger partial charge in [-0.3, -0.25) is 0 Å². The molecule has 0 saturated carbocycles. The molecule has 0 aliphatic rings. The van der Waals surface area contributed by atoms with E-state index in [9.17, 15) is 4.79 Å². The molecule has 0 fully saturated rings. The summed E-state index contributed by atoms with van der Waals surface area (Å²) in [4.78, 5) is 18.4. The van der Waals surface area contributed by atoms with Crippen molar-refractivity contribution in [3.63, 3.8) is 0 Å². The Kier molecular flexibility index (Phi) is 3.09. The minimum atomic E-state index is -0.345. The molecule has 4 rings (SSSR count). The zero-order valence-corrected chi connectivity index (χ0v) is 12.3. The summed E-state index contributed by atoms with van der Waals surface area (Å²) in [5.74, 6) is 0.361. The van der Waals surface area contributed by atoms with E-state index < -0.39 is 0 Å². The van der Waals surface area contributed by atoms with Crippen LogP contribution in [0.3, 0.4) is 0 Å². The maximum Gasteiger partial charge on any atom is 0.348 e. The standard InChI is InChI=1S/C18H11NO2S/c20-18-14-11-15(12-7-3-1-4-8-12)22-17(14)19-16(21-18)13-9-5-2-6-10-13/h1-11H. The van der Waals surface area contributed by atoms with Crippen LogP contribution in [0, 0.1) is 0 Å². The molecule has 4 aromatic rings. The van der Waals surface area contributed by atoms with Gasteiger partial charge in [0.25, 0.3) is 0 Å². The van der Waals surface area contributed by atoms with Crippen molar-refractivity contribution in [3.05, 3.63) is 77.2 Å². The number of hydrogen-bond acceptors (Lipinski definition) is 4. The largest absolute Gasteiger partial charge is 0.403 e. The summed E-state index contributed by atoms with van der Waals surface area (Å²) in [5, 5.41) is 0.531. The normalized spacial score (nSPS) is 10.9. The minimum Gasteiger partial charge on any atom is -0.403 e. The maximum absolute atomic E-state index is 12.2. The second-order valence-corrected chi connectivity index (χ2v) is 5.90. The van der Waals surface area contributed by atoms with Crippen molar-refractivity contribution >= 4 is 21.6 Å². The van der Waals surface area contributed by atoms with Gasteiger partial charge in [-0.15, -0.1) is 11.3 Å². The second kappa shape index (κ2) is 5.24. The van der Waals surface area contributed by atoms with Crippen LogP contribution in [-0.4, -0.2) is 4.98 Å². The first-order valence-electron chi connectivity index (χ1n) is 6.87. The van der Waals surface area contributed by atoms with E-state index in [4.69, 9.17) is 4.42 Å². The fraction of sp³-hybridized carbons (Fsp3) is 0. The molecular formula is C18H11NO2S. The van der Waals surface area contributed by atoms with E-state index in [1.807, 2.05) is 66.7 Å². The number of fused-ring (bicyclic) bond motifs is 1. The van der Waals surface area contributed by atoms with Crippen molar-refractivity contribution in [2.24, 2.45) is 0 Å². The Hall–Kier alpha value is -2.72. The lowest BCUT2D eigenvalue weighted by Gasteiger charge is -1.97. The minimum absolute atomic E-state index is 0.345. The highest BCUT2D eigenvalue weighted by Gasteiger charge is 2.12. The van der Waals surface area contributed by atoms with Gasteiger partial charge < -0.3 is 4.42 Å². The lowest BCUT2D eigenvalue weighted by Crippen LogP contribution is -2.00. The van der Waals surface area contributed by atoms with Crippen LogP contribution in [0.4, 0.5) is 0 Å². The molecule has 0 amide bonds. The lowest BCUT2D eigenvalue weighted by molar-refractivity contribution is 0.519. The van der Waals surface area contributed by atoms with Crippen LogP contribution in [-0.2, 0) is 0 Å². The summed E-state index contributed by atoms with van der Waals surface area (Å²) < 4.78 is 5.37. The number of thiophene rings is 1. The van der Waals surface area contributed by atoms with Gasteiger partial charge in [0.1, 0.15) is 4.83 Å². The summed E-state index contributed by atoms with van der Waals surface area (Å²) >= 11 is 1.50. The molecular weight excluding hydrogens is 294 g/mol. The summed E-state index contributed by atoms with van der Waals surface area (Å²) in [6.07, 6.45) is 0. The van der Waals surface area contributed by atoms with Gasteiger partial charge in [-0.05, 0) is 23.8 Å². The Morgan fingerprint density at radius 3 is 2.18 bits per heavy atom. The molecule has 0 spiro atoms. The Morgan fingerprint density at radius 2 is 1.50 bits per heavy atom. The van der Waals surface area contributed by atoms with E-state index >= 15 is 0 Å². The highest BCUT2D eigenvalue weighted by molar-refractivity contribution is 7.21. The average molecular weight is 305 g/mol. The van der Waals surface area contributed by atoms with Gasteiger partial charge >= 0.3 is 5.63 Å². The van der Waals surface area contributed by atoms with E-state index in [0.29, 0.717) is 16.1 Å². The van der Waals surface area contributed by atoms with Crippen LogP contribution in [0.2, 0.25) is 0 Å². The van der Waals surface area contributed by atoms with Gasteiger partial charge in [-0.2, -0.15) is 0 Å². The molecule has 0 unspecified atom stereocenters. The molecule has 2 heterocycles.